The summed E-state index contributed by atoms with van der Waals surface area (Å²) in [7, 11) is 0. The maximum absolute atomic E-state index is 13.2. The minimum absolute atomic E-state index is 0.0495. The number of amides is 2. The fourth-order valence-corrected chi connectivity index (χ4v) is 3.29. The molecule has 0 fully saturated rings. The van der Waals surface area contributed by atoms with Gasteiger partial charge in [0.15, 0.2) is 0 Å². The number of rotatable bonds is 3. The van der Waals surface area contributed by atoms with E-state index in [9.17, 15) is 9.59 Å². The summed E-state index contributed by atoms with van der Waals surface area (Å²) < 4.78 is 0. The predicted octanol–water partition coefficient (Wildman–Crippen LogP) is 4.42. The topological polar surface area (TPSA) is 61.4 Å². The molecule has 3 aromatic rings. The number of hydrogen-bond acceptors (Lipinski definition) is 3. The Balaban J connectivity index is 1.76. The van der Waals surface area contributed by atoms with Gasteiger partial charge < -0.3 is 10.6 Å². The average molecular weight is 357 g/mol. The van der Waals surface area contributed by atoms with E-state index in [1.807, 2.05) is 78.9 Å². The monoisotopic (exact) mass is 357 g/mol. The molecule has 27 heavy (non-hydrogen) atoms. The normalized spacial score (nSPS) is 15.7. The molecule has 134 valence electrons. The van der Waals surface area contributed by atoms with Crippen LogP contribution in [0.5, 0.6) is 0 Å². The molecule has 0 aromatic heterocycles. The Morgan fingerprint density at radius 2 is 1.59 bits per heavy atom. The molecule has 1 atom stereocenters. The number of benzene rings is 3. The molecule has 1 aliphatic rings. The van der Waals surface area contributed by atoms with Crippen LogP contribution in [0, 0.1) is 0 Å². The number of carbonyl (C=O) groups excluding carboxylic acids is 2. The molecule has 0 bridgehead atoms. The minimum Gasteiger partial charge on any atom is -0.360 e. The van der Waals surface area contributed by atoms with Crippen molar-refractivity contribution in [3.05, 3.63) is 90.0 Å². The number of anilines is 3. The molecule has 0 aliphatic carbocycles. The summed E-state index contributed by atoms with van der Waals surface area (Å²) in [4.78, 5) is 26.2. The molecule has 0 spiro atoms. The summed E-state index contributed by atoms with van der Waals surface area (Å²) in [6, 6.07) is 24.6. The van der Waals surface area contributed by atoms with Crippen molar-refractivity contribution in [2.75, 3.05) is 15.5 Å². The number of fused-ring (bicyclic) bond motifs is 1. The van der Waals surface area contributed by atoms with Gasteiger partial charge in [-0.15, -0.1) is 0 Å². The lowest BCUT2D eigenvalue weighted by atomic mass is 10.0. The van der Waals surface area contributed by atoms with Gasteiger partial charge in [0.05, 0.1) is 5.56 Å². The van der Waals surface area contributed by atoms with Crippen LogP contribution in [-0.2, 0) is 4.79 Å². The first kappa shape index (κ1) is 16.8. The van der Waals surface area contributed by atoms with Crippen LogP contribution in [0.25, 0.3) is 0 Å². The zero-order chi connectivity index (χ0) is 18.8. The number of nitrogens with one attached hydrogen (secondary N) is 2. The van der Waals surface area contributed by atoms with Gasteiger partial charge in [-0.2, -0.15) is 0 Å². The van der Waals surface area contributed by atoms with E-state index >= 15 is 0 Å². The van der Waals surface area contributed by atoms with Crippen molar-refractivity contribution >= 4 is 28.9 Å². The first-order valence-corrected chi connectivity index (χ1v) is 8.75. The quantitative estimate of drug-likeness (QED) is 0.730. The molecule has 0 unspecified atom stereocenters. The van der Waals surface area contributed by atoms with Crippen molar-refractivity contribution < 1.29 is 9.59 Å². The van der Waals surface area contributed by atoms with E-state index in [1.165, 1.54) is 6.92 Å². The Hall–Kier alpha value is -3.60. The standard InChI is InChI=1S/C22H19N3O2/c1-15(26)23-17-13-11-16(12-14-17)21-24-20-10-6-5-9-19(20)22(27)25(21)18-7-3-2-4-8-18/h2-14,21,24H,1H3,(H,23,26)/t21-/m1/s1. The van der Waals surface area contributed by atoms with E-state index < -0.39 is 0 Å². The Labute approximate surface area is 157 Å². The van der Waals surface area contributed by atoms with Crippen LogP contribution in [-0.4, -0.2) is 11.8 Å². The van der Waals surface area contributed by atoms with Gasteiger partial charge >= 0.3 is 0 Å². The first-order valence-electron chi connectivity index (χ1n) is 8.75. The van der Waals surface area contributed by atoms with Gasteiger partial charge in [-0.05, 0) is 42.0 Å². The molecule has 0 radical (unpaired) electrons. The van der Waals surface area contributed by atoms with Crippen molar-refractivity contribution in [1.29, 1.82) is 0 Å². The third kappa shape index (κ3) is 3.27. The Kier molecular flexibility index (Phi) is 4.34. The molecule has 5 nitrogen and oxygen atoms in total. The molecule has 0 saturated carbocycles. The van der Waals surface area contributed by atoms with Gasteiger partial charge in [0.2, 0.25) is 5.91 Å². The highest BCUT2D eigenvalue weighted by Gasteiger charge is 2.33. The van der Waals surface area contributed by atoms with Crippen molar-refractivity contribution in [3.63, 3.8) is 0 Å². The minimum atomic E-state index is -0.346. The second-order valence-electron chi connectivity index (χ2n) is 6.41. The second-order valence-corrected chi connectivity index (χ2v) is 6.41. The van der Waals surface area contributed by atoms with Crippen molar-refractivity contribution in [2.45, 2.75) is 13.1 Å². The molecule has 4 rings (SSSR count). The molecule has 2 amide bonds. The molecule has 1 aliphatic heterocycles. The fourth-order valence-electron chi connectivity index (χ4n) is 3.29. The van der Waals surface area contributed by atoms with Crippen LogP contribution >= 0.6 is 0 Å². The van der Waals surface area contributed by atoms with Gasteiger partial charge in [0, 0.05) is 24.0 Å². The Morgan fingerprint density at radius 1 is 0.926 bits per heavy atom. The van der Waals surface area contributed by atoms with E-state index in [-0.39, 0.29) is 18.0 Å². The van der Waals surface area contributed by atoms with Crippen molar-refractivity contribution in [3.8, 4) is 0 Å². The van der Waals surface area contributed by atoms with Gasteiger partial charge in [-0.3, -0.25) is 14.5 Å². The van der Waals surface area contributed by atoms with Gasteiger partial charge in [-0.25, -0.2) is 0 Å². The van der Waals surface area contributed by atoms with E-state index in [1.54, 1.807) is 4.90 Å². The van der Waals surface area contributed by atoms with E-state index in [2.05, 4.69) is 10.6 Å². The van der Waals surface area contributed by atoms with Gasteiger partial charge in [-0.1, -0.05) is 42.5 Å². The first-order chi connectivity index (χ1) is 13.1. The van der Waals surface area contributed by atoms with Crippen molar-refractivity contribution in [1.82, 2.24) is 0 Å². The number of para-hydroxylation sites is 2. The van der Waals surface area contributed by atoms with Gasteiger partial charge in [0.1, 0.15) is 6.17 Å². The maximum atomic E-state index is 13.2. The summed E-state index contributed by atoms with van der Waals surface area (Å²) in [6.07, 6.45) is -0.346. The lowest BCUT2D eigenvalue weighted by molar-refractivity contribution is -0.114. The third-order valence-electron chi connectivity index (χ3n) is 4.51. The second kappa shape index (κ2) is 6.96. The average Bonchev–Trinajstić information content (AvgIpc) is 2.69. The number of carbonyl (C=O) groups is 2. The molecule has 2 N–H and O–H groups in total. The fraction of sp³-hybridized carbons (Fsp3) is 0.0909. The molecular weight excluding hydrogens is 338 g/mol. The van der Waals surface area contributed by atoms with Crippen LogP contribution in [0.1, 0.15) is 29.0 Å². The van der Waals surface area contributed by atoms with Crippen LogP contribution in [0.3, 0.4) is 0 Å². The van der Waals surface area contributed by atoms with Gasteiger partial charge in [0.25, 0.3) is 5.91 Å². The number of hydrogen-bond donors (Lipinski definition) is 2. The molecule has 0 saturated heterocycles. The Bertz CT molecular complexity index is 984. The summed E-state index contributed by atoms with van der Waals surface area (Å²) in [5.74, 6) is -0.167. The predicted molar refractivity (Wildman–Crippen MR) is 107 cm³/mol. The highest BCUT2D eigenvalue weighted by atomic mass is 16.2. The van der Waals surface area contributed by atoms with E-state index in [0.29, 0.717) is 5.56 Å². The van der Waals surface area contributed by atoms with Crippen LogP contribution in [0.15, 0.2) is 78.9 Å². The smallest absolute Gasteiger partial charge is 0.262 e. The highest BCUT2D eigenvalue weighted by Crippen LogP contribution is 2.36. The summed E-state index contributed by atoms with van der Waals surface area (Å²) in [6.45, 7) is 1.48. The zero-order valence-electron chi connectivity index (χ0n) is 14.8. The Morgan fingerprint density at radius 3 is 2.30 bits per heavy atom. The highest BCUT2D eigenvalue weighted by molar-refractivity contribution is 6.12. The van der Waals surface area contributed by atoms with Crippen LogP contribution in [0.4, 0.5) is 17.1 Å². The maximum Gasteiger partial charge on any atom is 0.262 e. The van der Waals surface area contributed by atoms with E-state index in [0.717, 1.165) is 22.6 Å². The lowest BCUT2D eigenvalue weighted by Gasteiger charge is -2.38. The summed E-state index contributed by atoms with van der Waals surface area (Å²) in [5, 5.41) is 6.23. The van der Waals surface area contributed by atoms with Crippen LogP contribution < -0.4 is 15.5 Å². The molecular formula is C22H19N3O2. The molecule has 3 aromatic carbocycles. The lowest BCUT2D eigenvalue weighted by Crippen LogP contribution is -2.43. The van der Waals surface area contributed by atoms with E-state index in [4.69, 9.17) is 0 Å². The zero-order valence-corrected chi connectivity index (χ0v) is 14.8. The largest absolute Gasteiger partial charge is 0.360 e. The molecule has 5 heteroatoms. The molecule has 1 heterocycles. The SMILES string of the molecule is CC(=O)Nc1ccc([C@@H]2Nc3ccccc3C(=O)N2c2ccccc2)cc1. The number of nitrogens with zero attached hydrogens (tertiary/aromatic N) is 1. The third-order valence-corrected chi connectivity index (χ3v) is 4.51. The van der Waals surface area contributed by atoms with Crippen molar-refractivity contribution in [2.24, 2.45) is 0 Å². The van der Waals surface area contributed by atoms with Crippen LogP contribution in [0.2, 0.25) is 0 Å². The summed E-state index contributed by atoms with van der Waals surface area (Å²) >= 11 is 0. The summed E-state index contributed by atoms with van der Waals surface area (Å²) in [5.41, 5.74) is 3.93.